The van der Waals surface area contributed by atoms with Crippen LogP contribution in [0.3, 0.4) is 0 Å². The molecule has 0 aromatic carbocycles. The predicted octanol–water partition coefficient (Wildman–Crippen LogP) is 5.13. The molecule has 0 spiro atoms. The van der Waals surface area contributed by atoms with Crippen molar-refractivity contribution >= 4 is 5.78 Å². The van der Waals surface area contributed by atoms with Gasteiger partial charge in [0.25, 0.3) is 0 Å². The molecule has 0 fully saturated rings. The maximum atomic E-state index is 12.4. The Balaban J connectivity index is 4.62. The molecule has 0 bridgehead atoms. The lowest BCUT2D eigenvalue weighted by Gasteiger charge is -2.32. The molecule has 0 heterocycles. The van der Waals surface area contributed by atoms with E-state index in [1.807, 2.05) is 0 Å². The largest absolute Gasteiger partial charge is 0.299 e. The van der Waals surface area contributed by atoms with Crippen molar-refractivity contribution in [3.05, 3.63) is 0 Å². The zero-order chi connectivity index (χ0) is 12.4. The van der Waals surface area contributed by atoms with E-state index in [0.29, 0.717) is 5.78 Å². The summed E-state index contributed by atoms with van der Waals surface area (Å²) < 4.78 is 0. The lowest BCUT2D eigenvalue weighted by Crippen LogP contribution is -2.31. The number of ketones is 1. The smallest absolute Gasteiger partial charge is 0.139 e. The number of hydrogen-bond donors (Lipinski definition) is 0. The first-order valence-electron chi connectivity index (χ1n) is 7.20. The fraction of sp³-hybridized carbons (Fsp3) is 0.933. The number of Topliss-reactive ketones (excluding diaryl/α,β-unsaturated/α-hetero) is 1. The topological polar surface area (TPSA) is 17.1 Å². The molecule has 16 heavy (non-hydrogen) atoms. The molecule has 96 valence electrons. The molecule has 0 unspecified atom stereocenters. The summed E-state index contributed by atoms with van der Waals surface area (Å²) in [5, 5.41) is 0. The van der Waals surface area contributed by atoms with Crippen molar-refractivity contribution in [1.82, 2.24) is 0 Å². The second-order valence-corrected chi connectivity index (χ2v) is 5.06. The molecule has 0 saturated carbocycles. The summed E-state index contributed by atoms with van der Waals surface area (Å²) in [7, 11) is 0. The molecule has 0 saturated heterocycles. The van der Waals surface area contributed by atoms with Gasteiger partial charge in [0.15, 0.2) is 0 Å². The Hall–Kier alpha value is -0.330. The molecule has 0 radical (unpaired) electrons. The molecule has 1 heteroatoms. The SMILES string of the molecule is CCCCC(=O)C(CCC)(CCC)CCC. The van der Waals surface area contributed by atoms with Crippen LogP contribution in [0.25, 0.3) is 0 Å². The number of hydrogen-bond acceptors (Lipinski definition) is 1. The first-order chi connectivity index (χ1) is 7.66. The van der Waals surface area contributed by atoms with Crippen LogP contribution in [0.2, 0.25) is 0 Å². The van der Waals surface area contributed by atoms with Crippen molar-refractivity contribution in [3.8, 4) is 0 Å². The molecular weight excluding hydrogens is 196 g/mol. The van der Waals surface area contributed by atoms with E-state index in [4.69, 9.17) is 0 Å². The van der Waals surface area contributed by atoms with E-state index in [0.717, 1.165) is 57.8 Å². The molecule has 0 aliphatic carbocycles. The van der Waals surface area contributed by atoms with Gasteiger partial charge < -0.3 is 0 Å². The Kier molecular flexibility index (Phi) is 8.60. The summed E-state index contributed by atoms with van der Waals surface area (Å²) >= 11 is 0. The van der Waals surface area contributed by atoms with Crippen molar-refractivity contribution in [2.24, 2.45) is 5.41 Å². The minimum atomic E-state index is 0.0213. The van der Waals surface area contributed by atoms with E-state index in [9.17, 15) is 4.79 Å². The third-order valence-electron chi connectivity index (χ3n) is 3.53. The highest BCUT2D eigenvalue weighted by Gasteiger charge is 2.34. The summed E-state index contributed by atoms with van der Waals surface area (Å²) in [6.45, 7) is 8.77. The first kappa shape index (κ1) is 15.7. The normalized spacial score (nSPS) is 11.8. The quantitative estimate of drug-likeness (QED) is 0.504. The molecule has 0 aliphatic heterocycles. The van der Waals surface area contributed by atoms with Crippen LogP contribution < -0.4 is 0 Å². The maximum Gasteiger partial charge on any atom is 0.139 e. The van der Waals surface area contributed by atoms with Crippen LogP contribution in [-0.2, 0) is 4.79 Å². The van der Waals surface area contributed by atoms with E-state index >= 15 is 0 Å². The Labute approximate surface area is 102 Å². The zero-order valence-corrected chi connectivity index (χ0v) is 11.8. The van der Waals surface area contributed by atoms with Crippen LogP contribution in [0.1, 0.15) is 85.5 Å². The second kappa shape index (κ2) is 8.78. The summed E-state index contributed by atoms with van der Waals surface area (Å²) in [4.78, 5) is 12.4. The molecule has 0 amide bonds. The van der Waals surface area contributed by atoms with E-state index in [1.165, 1.54) is 0 Å². The van der Waals surface area contributed by atoms with Gasteiger partial charge in [-0.25, -0.2) is 0 Å². The monoisotopic (exact) mass is 226 g/mol. The zero-order valence-electron chi connectivity index (χ0n) is 11.8. The maximum absolute atomic E-state index is 12.4. The highest BCUT2D eigenvalue weighted by molar-refractivity contribution is 5.84. The van der Waals surface area contributed by atoms with Gasteiger partial charge in [-0.05, 0) is 25.7 Å². The Morgan fingerprint density at radius 3 is 1.56 bits per heavy atom. The van der Waals surface area contributed by atoms with E-state index in [2.05, 4.69) is 27.7 Å². The molecule has 0 N–H and O–H groups in total. The molecule has 0 aliphatic rings. The van der Waals surface area contributed by atoms with Gasteiger partial charge in [-0.2, -0.15) is 0 Å². The summed E-state index contributed by atoms with van der Waals surface area (Å²) in [6, 6.07) is 0. The summed E-state index contributed by atoms with van der Waals surface area (Å²) in [5.74, 6) is 0.542. The molecule has 0 aromatic rings. The van der Waals surface area contributed by atoms with E-state index in [-0.39, 0.29) is 5.41 Å². The lowest BCUT2D eigenvalue weighted by molar-refractivity contribution is -0.130. The first-order valence-corrected chi connectivity index (χ1v) is 7.20. The molecule has 0 rings (SSSR count). The molecule has 0 atom stereocenters. The predicted molar refractivity (Wildman–Crippen MR) is 71.7 cm³/mol. The fourth-order valence-electron chi connectivity index (χ4n) is 2.83. The minimum Gasteiger partial charge on any atom is -0.299 e. The van der Waals surface area contributed by atoms with Gasteiger partial charge in [0.2, 0.25) is 0 Å². The molecule has 0 aromatic heterocycles. The Morgan fingerprint density at radius 2 is 1.25 bits per heavy atom. The van der Waals surface area contributed by atoms with Crippen molar-refractivity contribution in [1.29, 1.82) is 0 Å². The standard InChI is InChI=1S/C15H30O/c1-5-9-10-14(16)15(11-6-2,12-7-3)13-8-4/h5-13H2,1-4H3. The molecular formula is C15H30O. The second-order valence-electron chi connectivity index (χ2n) is 5.06. The highest BCUT2D eigenvalue weighted by Crippen LogP contribution is 2.37. The summed E-state index contributed by atoms with van der Waals surface area (Å²) in [6.07, 6.45) is 9.69. The van der Waals surface area contributed by atoms with Crippen LogP contribution in [0, 0.1) is 5.41 Å². The number of carbonyl (C=O) groups is 1. The summed E-state index contributed by atoms with van der Waals surface area (Å²) in [5.41, 5.74) is 0.0213. The van der Waals surface area contributed by atoms with Crippen LogP contribution in [0.5, 0.6) is 0 Å². The van der Waals surface area contributed by atoms with E-state index < -0.39 is 0 Å². The van der Waals surface area contributed by atoms with Gasteiger partial charge in [0.1, 0.15) is 5.78 Å². The van der Waals surface area contributed by atoms with Gasteiger partial charge in [0, 0.05) is 11.8 Å². The minimum absolute atomic E-state index is 0.0213. The van der Waals surface area contributed by atoms with Crippen molar-refractivity contribution in [2.75, 3.05) is 0 Å². The van der Waals surface area contributed by atoms with Crippen LogP contribution in [-0.4, -0.2) is 5.78 Å². The van der Waals surface area contributed by atoms with Crippen LogP contribution in [0.4, 0.5) is 0 Å². The Morgan fingerprint density at radius 1 is 0.812 bits per heavy atom. The van der Waals surface area contributed by atoms with Crippen LogP contribution >= 0.6 is 0 Å². The van der Waals surface area contributed by atoms with Gasteiger partial charge >= 0.3 is 0 Å². The fourth-order valence-corrected chi connectivity index (χ4v) is 2.83. The van der Waals surface area contributed by atoms with Gasteiger partial charge in [-0.15, -0.1) is 0 Å². The van der Waals surface area contributed by atoms with Crippen molar-refractivity contribution < 1.29 is 4.79 Å². The van der Waals surface area contributed by atoms with Gasteiger partial charge in [-0.3, -0.25) is 4.79 Å². The van der Waals surface area contributed by atoms with Gasteiger partial charge in [0.05, 0.1) is 0 Å². The third-order valence-corrected chi connectivity index (χ3v) is 3.53. The van der Waals surface area contributed by atoms with Crippen molar-refractivity contribution in [3.63, 3.8) is 0 Å². The average molecular weight is 226 g/mol. The number of rotatable bonds is 10. The van der Waals surface area contributed by atoms with Gasteiger partial charge in [-0.1, -0.05) is 53.4 Å². The lowest BCUT2D eigenvalue weighted by atomic mass is 9.71. The molecule has 1 nitrogen and oxygen atoms in total. The third kappa shape index (κ3) is 4.67. The number of unbranched alkanes of at least 4 members (excludes halogenated alkanes) is 1. The van der Waals surface area contributed by atoms with E-state index in [1.54, 1.807) is 0 Å². The number of carbonyl (C=O) groups excluding carboxylic acids is 1. The van der Waals surface area contributed by atoms with Crippen LogP contribution in [0.15, 0.2) is 0 Å². The Bertz CT molecular complexity index is 167. The average Bonchev–Trinajstić information content (AvgIpc) is 2.26. The highest BCUT2D eigenvalue weighted by atomic mass is 16.1. The van der Waals surface area contributed by atoms with Crippen molar-refractivity contribution in [2.45, 2.75) is 85.5 Å².